The summed E-state index contributed by atoms with van der Waals surface area (Å²) in [6, 6.07) is 8.16. The minimum atomic E-state index is -2.88. The second kappa shape index (κ2) is 7.48. The molecule has 4 rings (SSSR count). The third-order valence-electron chi connectivity index (χ3n) is 5.07. The van der Waals surface area contributed by atoms with Gasteiger partial charge in [0.25, 0.3) is 0 Å². The van der Waals surface area contributed by atoms with Crippen LogP contribution in [0.4, 0.5) is 0 Å². The molecule has 0 aliphatic carbocycles. The van der Waals surface area contributed by atoms with E-state index in [9.17, 15) is 13.2 Å². The summed E-state index contributed by atoms with van der Waals surface area (Å²) in [7, 11) is -2.88. The van der Waals surface area contributed by atoms with Crippen LogP contribution in [0.5, 0.6) is 0 Å². The molecule has 5 nitrogen and oxygen atoms in total. The van der Waals surface area contributed by atoms with Crippen LogP contribution >= 0.6 is 23.1 Å². The SMILES string of the molecule is O=C(CS[C@@H]1CCS(=O)(=O)C1)N1CCC[C@H](c2nc3ccccc3s2)C1. The molecule has 0 spiro atoms. The predicted molar refractivity (Wildman–Crippen MR) is 108 cm³/mol. The van der Waals surface area contributed by atoms with Gasteiger partial charge in [-0.2, -0.15) is 0 Å². The Bertz CT molecular complexity index is 876. The molecule has 0 radical (unpaired) electrons. The molecule has 2 aliphatic rings. The summed E-state index contributed by atoms with van der Waals surface area (Å²) in [5.41, 5.74) is 1.04. The van der Waals surface area contributed by atoms with E-state index in [1.807, 2.05) is 23.1 Å². The minimum absolute atomic E-state index is 0.0776. The van der Waals surface area contributed by atoms with Gasteiger partial charge in [0.1, 0.15) is 0 Å². The lowest BCUT2D eigenvalue weighted by Gasteiger charge is -2.32. The number of thioether (sulfide) groups is 1. The van der Waals surface area contributed by atoms with Crippen molar-refractivity contribution in [3.8, 4) is 0 Å². The van der Waals surface area contributed by atoms with Gasteiger partial charge < -0.3 is 4.90 Å². The lowest BCUT2D eigenvalue weighted by atomic mass is 9.99. The quantitative estimate of drug-likeness (QED) is 0.775. The van der Waals surface area contributed by atoms with E-state index in [-0.39, 0.29) is 22.7 Å². The van der Waals surface area contributed by atoms with Crippen LogP contribution in [0, 0.1) is 0 Å². The lowest BCUT2D eigenvalue weighted by Crippen LogP contribution is -2.40. The number of hydrogen-bond donors (Lipinski definition) is 0. The van der Waals surface area contributed by atoms with E-state index in [1.165, 1.54) is 16.5 Å². The first-order chi connectivity index (χ1) is 12.5. The van der Waals surface area contributed by atoms with Crippen molar-refractivity contribution in [1.29, 1.82) is 0 Å². The molecular formula is C18H22N2O3S3. The van der Waals surface area contributed by atoms with Crippen LogP contribution in [0.2, 0.25) is 0 Å². The number of benzene rings is 1. The van der Waals surface area contributed by atoms with Gasteiger partial charge in [-0.15, -0.1) is 23.1 Å². The Labute approximate surface area is 162 Å². The molecule has 1 amide bonds. The highest BCUT2D eigenvalue weighted by atomic mass is 32.2. The van der Waals surface area contributed by atoms with Crippen LogP contribution < -0.4 is 0 Å². The monoisotopic (exact) mass is 410 g/mol. The summed E-state index contributed by atoms with van der Waals surface area (Å²) >= 11 is 3.24. The topological polar surface area (TPSA) is 67.3 Å². The number of sulfone groups is 1. The molecule has 1 aromatic heterocycles. The largest absolute Gasteiger partial charge is 0.341 e. The number of carbonyl (C=O) groups excluding carboxylic acids is 1. The number of fused-ring (bicyclic) bond motifs is 1. The van der Waals surface area contributed by atoms with E-state index in [0.717, 1.165) is 36.5 Å². The van der Waals surface area contributed by atoms with Crippen LogP contribution in [0.1, 0.15) is 30.2 Å². The molecule has 2 aromatic rings. The summed E-state index contributed by atoms with van der Waals surface area (Å²) < 4.78 is 24.3. The smallest absolute Gasteiger partial charge is 0.232 e. The first-order valence-electron chi connectivity index (χ1n) is 8.95. The maximum atomic E-state index is 12.6. The Morgan fingerprint density at radius 3 is 2.92 bits per heavy atom. The molecule has 2 saturated heterocycles. The van der Waals surface area contributed by atoms with Gasteiger partial charge in [0, 0.05) is 24.3 Å². The van der Waals surface area contributed by atoms with Crippen molar-refractivity contribution in [1.82, 2.24) is 9.88 Å². The molecule has 1 aromatic carbocycles. The van der Waals surface area contributed by atoms with Crippen LogP contribution in [0.3, 0.4) is 0 Å². The van der Waals surface area contributed by atoms with E-state index in [1.54, 1.807) is 11.3 Å². The number of para-hydroxylation sites is 1. The van der Waals surface area contributed by atoms with Crippen molar-refractivity contribution in [2.75, 3.05) is 30.3 Å². The molecule has 0 bridgehead atoms. The van der Waals surface area contributed by atoms with Crippen molar-refractivity contribution in [2.45, 2.75) is 30.4 Å². The number of rotatable bonds is 4. The Morgan fingerprint density at radius 2 is 2.15 bits per heavy atom. The van der Waals surface area contributed by atoms with Crippen LogP contribution in [0.25, 0.3) is 10.2 Å². The number of aromatic nitrogens is 1. The van der Waals surface area contributed by atoms with Gasteiger partial charge in [0.15, 0.2) is 9.84 Å². The molecule has 0 N–H and O–H groups in total. The first kappa shape index (κ1) is 18.3. The standard InChI is InChI=1S/C18H22N2O3S3/c21-17(11-24-14-7-9-26(22,23)12-14)20-8-3-4-13(10-20)18-19-15-5-1-2-6-16(15)25-18/h1-2,5-6,13-14H,3-4,7-12H2/t13-,14+/m0/s1. The fourth-order valence-corrected chi connectivity index (χ4v) is 8.28. The molecule has 2 aliphatic heterocycles. The molecule has 26 heavy (non-hydrogen) atoms. The Morgan fingerprint density at radius 1 is 1.31 bits per heavy atom. The number of piperidine rings is 1. The van der Waals surface area contributed by atoms with Gasteiger partial charge in [-0.05, 0) is 31.4 Å². The normalized spacial score (nSPS) is 25.6. The van der Waals surface area contributed by atoms with Gasteiger partial charge in [-0.3, -0.25) is 4.79 Å². The Hall–Kier alpha value is -1.12. The van der Waals surface area contributed by atoms with Crippen molar-refractivity contribution in [3.05, 3.63) is 29.3 Å². The number of thiazole rings is 1. The molecule has 2 atom stereocenters. The summed E-state index contributed by atoms with van der Waals surface area (Å²) in [5, 5.41) is 1.20. The highest BCUT2D eigenvalue weighted by Gasteiger charge is 2.31. The highest BCUT2D eigenvalue weighted by Crippen LogP contribution is 2.33. The third-order valence-corrected chi connectivity index (χ3v) is 9.53. The number of likely N-dealkylation sites (tertiary alicyclic amines) is 1. The average molecular weight is 411 g/mol. The molecule has 8 heteroatoms. The van der Waals surface area contributed by atoms with E-state index in [4.69, 9.17) is 4.98 Å². The van der Waals surface area contributed by atoms with Gasteiger partial charge in [0.2, 0.25) is 5.91 Å². The van der Waals surface area contributed by atoms with Crippen molar-refractivity contribution < 1.29 is 13.2 Å². The molecule has 140 valence electrons. The van der Waals surface area contributed by atoms with Crippen LogP contribution in [-0.2, 0) is 14.6 Å². The van der Waals surface area contributed by atoms with Gasteiger partial charge in [0.05, 0.1) is 32.5 Å². The Balaban J connectivity index is 1.36. The Kier molecular flexibility index (Phi) is 5.25. The summed E-state index contributed by atoms with van der Waals surface area (Å²) in [4.78, 5) is 19.3. The third kappa shape index (κ3) is 4.07. The second-order valence-corrected chi connectivity index (χ2v) is 11.6. The number of hydrogen-bond acceptors (Lipinski definition) is 6. The lowest BCUT2D eigenvalue weighted by molar-refractivity contribution is -0.129. The number of nitrogens with zero attached hydrogens (tertiary/aromatic N) is 2. The zero-order valence-electron chi connectivity index (χ0n) is 14.5. The summed E-state index contributed by atoms with van der Waals surface area (Å²) in [6.45, 7) is 1.52. The van der Waals surface area contributed by atoms with E-state index < -0.39 is 9.84 Å². The molecule has 0 unspecified atom stereocenters. The minimum Gasteiger partial charge on any atom is -0.341 e. The number of amides is 1. The molecule has 3 heterocycles. The predicted octanol–water partition coefficient (Wildman–Crippen LogP) is 2.92. The zero-order valence-corrected chi connectivity index (χ0v) is 16.9. The first-order valence-corrected chi connectivity index (χ1v) is 12.6. The fraction of sp³-hybridized carbons (Fsp3) is 0.556. The summed E-state index contributed by atoms with van der Waals surface area (Å²) in [5.74, 6) is 1.31. The van der Waals surface area contributed by atoms with Gasteiger partial charge in [-0.1, -0.05) is 12.1 Å². The number of carbonyl (C=O) groups is 1. The van der Waals surface area contributed by atoms with Crippen LogP contribution in [-0.4, -0.2) is 59.8 Å². The maximum Gasteiger partial charge on any atom is 0.232 e. The molecule has 2 fully saturated rings. The van der Waals surface area contributed by atoms with E-state index >= 15 is 0 Å². The van der Waals surface area contributed by atoms with E-state index in [0.29, 0.717) is 18.1 Å². The second-order valence-electron chi connectivity index (χ2n) is 7.03. The highest BCUT2D eigenvalue weighted by molar-refractivity contribution is 8.02. The van der Waals surface area contributed by atoms with Gasteiger partial charge >= 0.3 is 0 Å². The maximum absolute atomic E-state index is 12.6. The summed E-state index contributed by atoms with van der Waals surface area (Å²) in [6.07, 6.45) is 2.74. The van der Waals surface area contributed by atoms with Gasteiger partial charge in [-0.25, -0.2) is 13.4 Å². The van der Waals surface area contributed by atoms with Crippen molar-refractivity contribution in [2.24, 2.45) is 0 Å². The average Bonchev–Trinajstić information content (AvgIpc) is 3.22. The zero-order chi connectivity index (χ0) is 18.1. The van der Waals surface area contributed by atoms with Crippen molar-refractivity contribution in [3.63, 3.8) is 0 Å². The van der Waals surface area contributed by atoms with Crippen LogP contribution in [0.15, 0.2) is 24.3 Å². The fourth-order valence-electron chi connectivity index (χ4n) is 3.64. The molecule has 0 saturated carbocycles. The van der Waals surface area contributed by atoms with Crippen molar-refractivity contribution >= 4 is 49.1 Å². The van der Waals surface area contributed by atoms with E-state index in [2.05, 4.69) is 6.07 Å². The molecular weight excluding hydrogens is 388 g/mol.